The predicted molar refractivity (Wildman–Crippen MR) is 110 cm³/mol. The summed E-state index contributed by atoms with van der Waals surface area (Å²) in [5, 5.41) is 5.91. The topological polar surface area (TPSA) is 68.0 Å². The van der Waals surface area contributed by atoms with E-state index in [-0.39, 0.29) is 11.9 Å². The molecule has 27 heavy (non-hydrogen) atoms. The third-order valence-corrected chi connectivity index (χ3v) is 6.47. The SMILES string of the molecule is CCc1cc2c(SCC(=O)N[C@H](C)c3cc4ccccc4o3)ncnc2s1. The van der Waals surface area contributed by atoms with Gasteiger partial charge in [0.25, 0.3) is 0 Å². The lowest BCUT2D eigenvalue weighted by Crippen LogP contribution is -2.27. The first-order valence-electron chi connectivity index (χ1n) is 8.78. The van der Waals surface area contributed by atoms with Gasteiger partial charge in [-0.3, -0.25) is 4.79 Å². The Labute approximate surface area is 165 Å². The van der Waals surface area contributed by atoms with Crippen molar-refractivity contribution in [3.8, 4) is 0 Å². The van der Waals surface area contributed by atoms with Crippen LogP contribution in [0.5, 0.6) is 0 Å². The van der Waals surface area contributed by atoms with Gasteiger partial charge in [-0.25, -0.2) is 9.97 Å². The van der Waals surface area contributed by atoms with E-state index in [9.17, 15) is 4.79 Å². The fourth-order valence-electron chi connectivity index (χ4n) is 2.88. The molecule has 7 heteroatoms. The highest BCUT2D eigenvalue weighted by molar-refractivity contribution is 8.00. The second kappa shape index (κ2) is 7.70. The van der Waals surface area contributed by atoms with Gasteiger partial charge in [-0.1, -0.05) is 36.9 Å². The molecule has 4 aromatic rings. The number of aryl methyl sites for hydroxylation is 1. The number of thiophene rings is 1. The summed E-state index contributed by atoms with van der Waals surface area (Å²) in [5.41, 5.74) is 0.829. The molecule has 3 heterocycles. The molecule has 0 unspecified atom stereocenters. The van der Waals surface area contributed by atoms with Crippen molar-refractivity contribution in [3.63, 3.8) is 0 Å². The van der Waals surface area contributed by atoms with Gasteiger partial charge in [-0.15, -0.1) is 11.3 Å². The lowest BCUT2D eigenvalue weighted by atomic mass is 10.2. The van der Waals surface area contributed by atoms with Gasteiger partial charge < -0.3 is 9.73 Å². The Morgan fingerprint density at radius 1 is 1.30 bits per heavy atom. The van der Waals surface area contributed by atoms with Crippen LogP contribution in [0.15, 0.2) is 52.2 Å². The number of carbonyl (C=O) groups excluding carboxylic acids is 1. The quantitative estimate of drug-likeness (QED) is 0.367. The summed E-state index contributed by atoms with van der Waals surface area (Å²) < 4.78 is 5.83. The minimum Gasteiger partial charge on any atom is -0.459 e. The van der Waals surface area contributed by atoms with E-state index >= 15 is 0 Å². The molecule has 0 radical (unpaired) electrons. The number of nitrogens with one attached hydrogen (secondary N) is 1. The molecular formula is C20H19N3O2S2. The van der Waals surface area contributed by atoms with Crippen LogP contribution in [0.25, 0.3) is 21.2 Å². The third kappa shape index (κ3) is 3.84. The number of hydrogen-bond acceptors (Lipinski definition) is 6. The van der Waals surface area contributed by atoms with Gasteiger partial charge in [0.15, 0.2) is 0 Å². The Morgan fingerprint density at radius 3 is 2.96 bits per heavy atom. The Kier molecular flexibility index (Phi) is 5.13. The summed E-state index contributed by atoms with van der Waals surface area (Å²) in [4.78, 5) is 23.3. The minimum absolute atomic E-state index is 0.0503. The molecule has 0 saturated carbocycles. The van der Waals surface area contributed by atoms with Crippen molar-refractivity contribution >= 4 is 50.2 Å². The van der Waals surface area contributed by atoms with E-state index in [1.54, 1.807) is 17.7 Å². The third-order valence-electron chi connectivity index (χ3n) is 4.28. The highest BCUT2D eigenvalue weighted by Crippen LogP contribution is 2.31. The van der Waals surface area contributed by atoms with Crippen molar-refractivity contribution in [3.05, 3.63) is 53.4 Å². The molecule has 0 aliphatic carbocycles. The first-order valence-corrected chi connectivity index (χ1v) is 10.6. The molecule has 0 bridgehead atoms. The standard InChI is InChI=1S/C20H19N3O2S2/c1-3-14-9-15-19(21-11-22-20(15)27-14)26-10-18(24)23-12(2)17-8-13-6-4-5-7-16(13)25-17/h4-9,11-12H,3,10H2,1-2H3,(H,23,24)/t12-/m1/s1. The number of aromatic nitrogens is 2. The molecule has 1 amide bonds. The van der Waals surface area contributed by atoms with Crippen LogP contribution in [0.3, 0.4) is 0 Å². The molecule has 4 rings (SSSR count). The van der Waals surface area contributed by atoms with Crippen LogP contribution >= 0.6 is 23.1 Å². The zero-order valence-electron chi connectivity index (χ0n) is 15.1. The number of para-hydroxylation sites is 1. The Balaban J connectivity index is 1.41. The number of thioether (sulfide) groups is 1. The Hall–Kier alpha value is -2.38. The largest absolute Gasteiger partial charge is 0.459 e. The zero-order chi connectivity index (χ0) is 18.8. The van der Waals surface area contributed by atoms with Gasteiger partial charge in [0.1, 0.15) is 27.5 Å². The van der Waals surface area contributed by atoms with Gasteiger partial charge >= 0.3 is 0 Å². The fourth-order valence-corrected chi connectivity index (χ4v) is 4.66. The van der Waals surface area contributed by atoms with Crippen molar-refractivity contribution in [2.75, 3.05) is 5.75 Å². The first kappa shape index (κ1) is 18.0. The highest BCUT2D eigenvalue weighted by atomic mass is 32.2. The van der Waals surface area contributed by atoms with Crippen LogP contribution in [0.1, 0.15) is 30.5 Å². The van der Waals surface area contributed by atoms with Crippen LogP contribution in [0.2, 0.25) is 0 Å². The number of carbonyl (C=O) groups is 1. The number of benzene rings is 1. The summed E-state index contributed by atoms with van der Waals surface area (Å²) in [5.74, 6) is 1.00. The maximum Gasteiger partial charge on any atom is 0.230 e. The Bertz CT molecular complexity index is 1070. The van der Waals surface area contributed by atoms with Gasteiger partial charge in [-0.05, 0) is 31.5 Å². The molecule has 1 aromatic carbocycles. The average Bonchev–Trinajstić information content (AvgIpc) is 3.30. The fraction of sp³-hybridized carbons (Fsp3) is 0.250. The van der Waals surface area contributed by atoms with Crippen LogP contribution in [0.4, 0.5) is 0 Å². The summed E-state index contributed by atoms with van der Waals surface area (Å²) in [6.07, 6.45) is 2.54. The molecule has 1 N–H and O–H groups in total. The van der Waals surface area contributed by atoms with E-state index in [0.717, 1.165) is 38.4 Å². The van der Waals surface area contributed by atoms with Gasteiger partial charge in [0, 0.05) is 15.6 Å². The van der Waals surface area contributed by atoms with E-state index in [1.807, 2.05) is 37.3 Å². The van der Waals surface area contributed by atoms with Crippen molar-refractivity contribution in [1.29, 1.82) is 0 Å². The molecule has 1 atom stereocenters. The van der Waals surface area contributed by atoms with Crippen LogP contribution in [-0.4, -0.2) is 21.6 Å². The zero-order valence-corrected chi connectivity index (χ0v) is 16.7. The number of amides is 1. The summed E-state index contributed by atoms with van der Waals surface area (Å²) in [7, 11) is 0. The number of furan rings is 1. The van der Waals surface area contributed by atoms with E-state index in [0.29, 0.717) is 5.75 Å². The Morgan fingerprint density at radius 2 is 2.15 bits per heavy atom. The summed E-state index contributed by atoms with van der Waals surface area (Å²) >= 11 is 3.12. The smallest absolute Gasteiger partial charge is 0.230 e. The van der Waals surface area contributed by atoms with Crippen molar-refractivity contribution in [2.45, 2.75) is 31.3 Å². The van der Waals surface area contributed by atoms with E-state index in [1.165, 1.54) is 16.6 Å². The number of hydrogen-bond donors (Lipinski definition) is 1. The highest BCUT2D eigenvalue weighted by Gasteiger charge is 2.15. The van der Waals surface area contributed by atoms with Crippen LogP contribution < -0.4 is 5.32 Å². The lowest BCUT2D eigenvalue weighted by Gasteiger charge is -2.11. The van der Waals surface area contributed by atoms with Gasteiger partial charge in [0.2, 0.25) is 5.91 Å². The number of fused-ring (bicyclic) bond motifs is 2. The molecular weight excluding hydrogens is 378 g/mol. The van der Waals surface area contributed by atoms with Crippen LogP contribution in [0, 0.1) is 0 Å². The molecule has 0 saturated heterocycles. The monoisotopic (exact) mass is 397 g/mol. The molecule has 0 fully saturated rings. The second-order valence-electron chi connectivity index (χ2n) is 6.23. The van der Waals surface area contributed by atoms with E-state index < -0.39 is 0 Å². The van der Waals surface area contributed by atoms with E-state index in [2.05, 4.69) is 28.3 Å². The molecule has 3 aromatic heterocycles. The summed E-state index contributed by atoms with van der Waals surface area (Å²) in [6, 6.07) is 11.7. The van der Waals surface area contributed by atoms with Gasteiger partial charge in [0.05, 0.1) is 11.8 Å². The molecule has 5 nitrogen and oxygen atoms in total. The second-order valence-corrected chi connectivity index (χ2v) is 8.31. The molecule has 0 aliphatic rings. The van der Waals surface area contributed by atoms with Crippen molar-refractivity contribution < 1.29 is 9.21 Å². The van der Waals surface area contributed by atoms with Crippen molar-refractivity contribution in [2.24, 2.45) is 0 Å². The molecule has 0 aliphatic heterocycles. The molecule has 138 valence electrons. The first-order chi connectivity index (χ1) is 13.1. The predicted octanol–water partition coefficient (Wildman–Crippen LogP) is 4.97. The van der Waals surface area contributed by atoms with Crippen molar-refractivity contribution in [1.82, 2.24) is 15.3 Å². The maximum atomic E-state index is 12.4. The lowest BCUT2D eigenvalue weighted by molar-refractivity contribution is -0.119. The average molecular weight is 398 g/mol. The normalized spacial score (nSPS) is 12.5. The van der Waals surface area contributed by atoms with Gasteiger partial charge in [-0.2, -0.15) is 0 Å². The summed E-state index contributed by atoms with van der Waals surface area (Å²) in [6.45, 7) is 4.05. The number of nitrogens with zero attached hydrogens (tertiary/aromatic N) is 2. The maximum absolute atomic E-state index is 12.4. The minimum atomic E-state index is -0.191. The number of rotatable bonds is 6. The van der Waals surface area contributed by atoms with E-state index in [4.69, 9.17) is 4.42 Å². The molecule has 0 spiro atoms. The van der Waals surface area contributed by atoms with Crippen LogP contribution in [-0.2, 0) is 11.2 Å².